The molecular formula is C17H27N3O4S. The van der Waals surface area contributed by atoms with Gasteiger partial charge in [-0.1, -0.05) is 26.0 Å². The van der Waals surface area contributed by atoms with Crippen molar-refractivity contribution in [3.05, 3.63) is 29.8 Å². The largest absolute Gasteiger partial charge is 0.354 e. The minimum absolute atomic E-state index is 0.0166. The van der Waals surface area contributed by atoms with Gasteiger partial charge in [0.2, 0.25) is 21.8 Å². The average Bonchev–Trinajstić information content (AvgIpc) is 2.49. The van der Waals surface area contributed by atoms with Crippen molar-refractivity contribution in [1.82, 2.24) is 10.2 Å². The summed E-state index contributed by atoms with van der Waals surface area (Å²) >= 11 is 0. The molecule has 0 aliphatic heterocycles. The van der Waals surface area contributed by atoms with Crippen LogP contribution < -0.4 is 10.5 Å². The fraction of sp³-hybridized carbons (Fsp3) is 0.529. The van der Waals surface area contributed by atoms with Crippen molar-refractivity contribution in [3.8, 4) is 0 Å². The summed E-state index contributed by atoms with van der Waals surface area (Å²) in [6, 6.07) is 6.27. The lowest BCUT2D eigenvalue weighted by molar-refractivity contribution is -0.129. The van der Waals surface area contributed by atoms with Crippen molar-refractivity contribution in [2.24, 2.45) is 11.1 Å². The monoisotopic (exact) mass is 369 g/mol. The molecule has 1 aromatic carbocycles. The van der Waals surface area contributed by atoms with Crippen LogP contribution in [0.15, 0.2) is 29.2 Å². The Hall–Kier alpha value is -1.93. The van der Waals surface area contributed by atoms with Crippen LogP contribution in [0.4, 0.5) is 0 Å². The third-order valence-electron chi connectivity index (χ3n) is 3.67. The summed E-state index contributed by atoms with van der Waals surface area (Å²) in [5, 5.41) is 7.87. The summed E-state index contributed by atoms with van der Waals surface area (Å²) in [6.45, 7) is 6.78. The molecule has 8 heteroatoms. The zero-order chi connectivity index (χ0) is 19.0. The van der Waals surface area contributed by atoms with Crippen LogP contribution in [0.1, 0.15) is 32.8 Å². The fourth-order valence-corrected chi connectivity index (χ4v) is 2.83. The number of carbonyl (C=O) groups excluding carboxylic acids is 2. The predicted molar refractivity (Wildman–Crippen MR) is 96.2 cm³/mol. The molecule has 0 spiro atoms. The quantitative estimate of drug-likeness (QED) is 0.673. The molecule has 0 atom stereocenters. The highest BCUT2D eigenvalue weighted by atomic mass is 32.2. The van der Waals surface area contributed by atoms with Crippen molar-refractivity contribution < 1.29 is 18.0 Å². The first-order chi connectivity index (χ1) is 11.6. The van der Waals surface area contributed by atoms with Gasteiger partial charge in [0.1, 0.15) is 0 Å². The van der Waals surface area contributed by atoms with E-state index in [0.717, 1.165) is 5.56 Å². The van der Waals surface area contributed by atoms with Crippen LogP contribution in [0.5, 0.6) is 0 Å². The van der Waals surface area contributed by atoms with Gasteiger partial charge in [0, 0.05) is 33.0 Å². The van der Waals surface area contributed by atoms with Gasteiger partial charge in [-0.3, -0.25) is 9.59 Å². The number of primary sulfonamides is 1. The number of hydrogen-bond donors (Lipinski definition) is 2. The van der Waals surface area contributed by atoms with E-state index in [1.165, 1.54) is 19.1 Å². The van der Waals surface area contributed by atoms with Crippen LogP contribution in [0.25, 0.3) is 0 Å². The summed E-state index contributed by atoms with van der Waals surface area (Å²) in [4.78, 5) is 25.1. The van der Waals surface area contributed by atoms with Gasteiger partial charge in [0.15, 0.2) is 0 Å². The van der Waals surface area contributed by atoms with E-state index in [0.29, 0.717) is 38.4 Å². The maximum absolute atomic E-state index is 11.7. The Morgan fingerprint density at radius 2 is 1.76 bits per heavy atom. The normalized spacial score (nSPS) is 11.4. The third kappa shape index (κ3) is 8.13. The number of carbonyl (C=O) groups is 2. The SMILES string of the molecule is CC(=O)N(CCNC(=O)CC(C)C)CCc1ccc(S(N)(=O)=O)cc1. The fourth-order valence-electron chi connectivity index (χ4n) is 2.31. The van der Waals surface area contributed by atoms with Crippen LogP contribution in [0.3, 0.4) is 0 Å². The molecule has 3 N–H and O–H groups in total. The van der Waals surface area contributed by atoms with Crippen LogP contribution in [0.2, 0.25) is 0 Å². The van der Waals surface area contributed by atoms with Crippen molar-refractivity contribution in [2.45, 2.75) is 38.5 Å². The molecular weight excluding hydrogens is 342 g/mol. The number of nitrogens with two attached hydrogens (primary N) is 1. The van der Waals surface area contributed by atoms with Gasteiger partial charge in [-0.15, -0.1) is 0 Å². The molecule has 0 unspecified atom stereocenters. The number of hydrogen-bond acceptors (Lipinski definition) is 4. The molecule has 2 amide bonds. The number of rotatable bonds is 9. The van der Waals surface area contributed by atoms with Crippen molar-refractivity contribution in [3.63, 3.8) is 0 Å². The van der Waals surface area contributed by atoms with Gasteiger partial charge in [0.25, 0.3) is 0 Å². The van der Waals surface area contributed by atoms with Crippen molar-refractivity contribution in [2.75, 3.05) is 19.6 Å². The van der Waals surface area contributed by atoms with Crippen molar-refractivity contribution in [1.29, 1.82) is 0 Å². The summed E-state index contributed by atoms with van der Waals surface area (Å²) < 4.78 is 22.5. The van der Waals surface area contributed by atoms with Crippen LogP contribution in [-0.4, -0.2) is 44.8 Å². The Kier molecular flexibility index (Phi) is 8.05. The van der Waals surface area contributed by atoms with E-state index in [9.17, 15) is 18.0 Å². The molecule has 25 heavy (non-hydrogen) atoms. The second-order valence-corrected chi connectivity index (χ2v) is 7.95. The predicted octanol–water partition coefficient (Wildman–Crippen LogP) is 0.887. The Labute approximate surface area is 149 Å². The molecule has 0 saturated heterocycles. The molecule has 0 fully saturated rings. The van der Waals surface area contributed by atoms with Gasteiger partial charge in [-0.05, 0) is 30.0 Å². The average molecular weight is 369 g/mol. The minimum atomic E-state index is -3.70. The molecule has 0 aliphatic carbocycles. The second-order valence-electron chi connectivity index (χ2n) is 6.39. The van der Waals surface area contributed by atoms with E-state index in [-0.39, 0.29) is 16.7 Å². The van der Waals surface area contributed by atoms with Crippen molar-refractivity contribution >= 4 is 21.8 Å². The highest BCUT2D eigenvalue weighted by Gasteiger charge is 2.11. The molecule has 1 aromatic rings. The summed E-state index contributed by atoms with van der Waals surface area (Å²) in [6.07, 6.45) is 1.06. The maximum Gasteiger partial charge on any atom is 0.238 e. The molecule has 0 saturated carbocycles. The van der Waals surface area contributed by atoms with E-state index in [1.54, 1.807) is 17.0 Å². The van der Waals surface area contributed by atoms with Crippen LogP contribution in [-0.2, 0) is 26.0 Å². The first-order valence-electron chi connectivity index (χ1n) is 8.23. The van der Waals surface area contributed by atoms with Gasteiger partial charge >= 0.3 is 0 Å². The number of nitrogens with zero attached hydrogens (tertiary/aromatic N) is 1. The topological polar surface area (TPSA) is 110 Å². The second kappa shape index (κ2) is 9.53. The highest BCUT2D eigenvalue weighted by molar-refractivity contribution is 7.89. The lowest BCUT2D eigenvalue weighted by Gasteiger charge is -2.21. The van der Waals surface area contributed by atoms with Gasteiger partial charge in [0.05, 0.1) is 4.90 Å². The number of amides is 2. The summed E-state index contributed by atoms with van der Waals surface area (Å²) in [7, 11) is -3.70. The first kappa shape index (κ1) is 21.1. The maximum atomic E-state index is 11.7. The van der Waals surface area contributed by atoms with Crippen LogP contribution >= 0.6 is 0 Å². The lowest BCUT2D eigenvalue weighted by Crippen LogP contribution is -2.38. The standard InChI is InChI=1S/C17H27N3O4S/c1-13(2)12-17(22)19-9-11-20(14(3)21)10-8-15-4-6-16(7-5-15)25(18,23)24/h4-7,13H,8-12H2,1-3H3,(H,19,22)(H2,18,23,24). The molecule has 7 nitrogen and oxygen atoms in total. The van der Waals surface area contributed by atoms with Gasteiger partial charge in [-0.2, -0.15) is 0 Å². The molecule has 0 bridgehead atoms. The zero-order valence-electron chi connectivity index (χ0n) is 15.0. The Bertz CT molecular complexity index is 684. The summed E-state index contributed by atoms with van der Waals surface area (Å²) in [5.41, 5.74) is 0.905. The molecule has 0 radical (unpaired) electrons. The number of benzene rings is 1. The van der Waals surface area contributed by atoms with E-state index >= 15 is 0 Å². The third-order valence-corrected chi connectivity index (χ3v) is 4.59. The Morgan fingerprint density at radius 1 is 1.16 bits per heavy atom. The highest BCUT2D eigenvalue weighted by Crippen LogP contribution is 2.09. The summed E-state index contributed by atoms with van der Waals surface area (Å²) in [5.74, 6) is 0.209. The van der Waals surface area contributed by atoms with E-state index < -0.39 is 10.0 Å². The molecule has 1 rings (SSSR count). The Balaban J connectivity index is 2.50. The lowest BCUT2D eigenvalue weighted by atomic mass is 10.1. The molecule has 140 valence electrons. The van der Waals surface area contributed by atoms with E-state index in [2.05, 4.69) is 5.32 Å². The number of sulfonamides is 1. The van der Waals surface area contributed by atoms with E-state index in [1.807, 2.05) is 13.8 Å². The van der Waals surface area contributed by atoms with Crippen LogP contribution in [0, 0.1) is 5.92 Å². The first-order valence-corrected chi connectivity index (χ1v) is 9.78. The molecule has 0 heterocycles. The smallest absolute Gasteiger partial charge is 0.238 e. The Morgan fingerprint density at radius 3 is 2.24 bits per heavy atom. The van der Waals surface area contributed by atoms with E-state index in [4.69, 9.17) is 5.14 Å². The van der Waals surface area contributed by atoms with Gasteiger partial charge in [-0.25, -0.2) is 13.6 Å². The molecule has 0 aliphatic rings. The number of nitrogens with one attached hydrogen (secondary N) is 1. The minimum Gasteiger partial charge on any atom is -0.354 e. The molecule has 0 aromatic heterocycles. The zero-order valence-corrected chi connectivity index (χ0v) is 15.8. The van der Waals surface area contributed by atoms with Gasteiger partial charge < -0.3 is 10.2 Å².